The first-order chi connectivity index (χ1) is 11.4. The second-order valence-corrected chi connectivity index (χ2v) is 5.64. The maximum atomic E-state index is 12.0. The van der Waals surface area contributed by atoms with Crippen LogP contribution in [0.25, 0.3) is 0 Å². The fourth-order valence-electron chi connectivity index (χ4n) is 1.85. The van der Waals surface area contributed by atoms with E-state index in [0.717, 1.165) is 0 Å². The monoisotopic (exact) mass is 365 g/mol. The lowest BCUT2D eigenvalue weighted by Gasteiger charge is -2.08. The summed E-state index contributed by atoms with van der Waals surface area (Å²) in [5.74, 6) is -1.48. The van der Waals surface area contributed by atoms with Crippen LogP contribution in [0.3, 0.4) is 0 Å². The molecule has 0 radical (unpaired) electrons. The number of hydrogen-bond acceptors (Lipinski definition) is 3. The standard InChI is InChI=1S/C16H13Cl2N3O3/c17-10-3-6-12(13(18)7-10)16(24)20-8-14(22)21-11-4-1-9(2-5-11)15(19)23/h1-7H,8H2,(H2,19,23)(H,20,24)(H,21,22). The minimum absolute atomic E-state index is 0.197. The maximum absolute atomic E-state index is 12.0. The Bertz CT molecular complexity index is 792. The van der Waals surface area contributed by atoms with Gasteiger partial charge in [0.1, 0.15) is 0 Å². The van der Waals surface area contributed by atoms with Gasteiger partial charge in [-0.1, -0.05) is 23.2 Å². The second-order valence-electron chi connectivity index (χ2n) is 4.80. The van der Waals surface area contributed by atoms with Crippen molar-refractivity contribution in [3.8, 4) is 0 Å². The van der Waals surface area contributed by atoms with Gasteiger partial charge in [0.25, 0.3) is 5.91 Å². The smallest absolute Gasteiger partial charge is 0.253 e. The van der Waals surface area contributed by atoms with Crippen molar-refractivity contribution < 1.29 is 14.4 Å². The van der Waals surface area contributed by atoms with Gasteiger partial charge >= 0.3 is 0 Å². The first-order valence-electron chi connectivity index (χ1n) is 6.80. The Balaban J connectivity index is 1.90. The molecule has 8 heteroatoms. The lowest BCUT2D eigenvalue weighted by molar-refractivity contribution is -0.115. The molecular weight excluding hydrogens is 353 g/mol. The quantitative estimate of drug-likeness (QED) is 0.758. The number of amides is 3. The summed E-state index contributed by atoms with van der Waals surface area (Å²) in [5, 5.41) is 5.64. The van der Waals surface area contributed by atoms with Crippen LogP contribution in [-0.2, 0) is 4.79 Å². The molecule has 0 saturated carbocycles. The summed E-state index contributed by atoms with van der Waals surface area (Å²) in [6.07, 6.45) is 0. The summed E-state index contributed by atoms with van der Waals surface area (Å²) in [6, 6.07) is 10.5. The third-order valence-electron chi connectivity index (χ3n) is 3.04. The number of benzene rings is 2. The van der Waals surface area contributed by atoms with E-state index in [-0.39, 0.29) is 17.1 Å². The average molecular weight is 366 g/mol. The van der Waals surface area contributed by atoms with Gasteiger partial charge in [-0.15, -0.1) is 0 Å². The molecule has 0 atom stereocenters. The number of nitrogens with one attached hydrogen (secondary N) is 2. The predicted octanol–water partition coefficient (Wildman–Crippen LogP) is 2.46. The zero-order valence-corrected chi connectivity index (χ0v) is 13.8. The summed E-state index contributed by atoms with van der Waals surface area (Å²) >= 11 is 11.7. The van der Waals surface area contributed by atoms with Crippen LogP contribution in [0, 0.1) is 0 Å². The van der Waals surface area contributed by atoms with E-state index in [1.54, 1.807) is 0 Å². The van der Waals surface area contributed by atoms with Gasteiger partial charge in [-0.25, -0.2) is 0 Å². The molecule has 24 heavy (non-hydrogen) atoms. The molecule has 3 amide bonds. The third kappa shape index (κ3) is 4.71. The van der Waals surface area contributed by atoms with E-state index in [4.69, 9.17) is 28.9 Å². The summed E-state index contributed by atoms with van der Waals surface area (Å²) in [5.41, 5.74) is 6.16. The molecule has 124 valence electrons. The highest BCUT2D eigenvalue weighted by atomic mass is 35.5. The van der Waals surface area contributed by atoms with Crippen LogP contribution >= 0.6 is 23.2 Å². The van der Waals surface area contributed by atoms with Gasteiger partial charge in [-0.3, -0.25) is 14.4 Å². The zero-order valence-electron chi connectivity index (χ0n) is 12.3. The molecular formula is C16H13Cl2N3O3. The van der Waals surface area contributed by atoms with Gasteiger partial charge in [-0.05, 0) is 42.5 Å². The molecule has 0 saturated heterocycles. The molecule has 2 aromatic carbocycles. The Kier molecular flexibility index (Phi) is 5.78. The van der Waals surface area contributed by atoms with Crippen molar-refractivity contribution in [3.63, 3.8) is 0 Å². The average Bonchev–Trinajstić information content (AvgIpc) is 2.53. The normalized spacial score (nSPS) is 10.1. The maximum Gasteiger partial charge on any atom is 0.253 e. The Morgan fingerprint density at radius 3 is 2.25 bits per heavy atom. The van der Waals surface area contributed by atoms with Crippen molar-refractivity contribution in [2.75, 3.05) is 11.9 Å². The lowest BCUT2D eigenvalue weighted by atomic mass is 10.2. The van der Waals surface area contributed by atoms with Crippen molar-refractivity contribution in [1.82, 2.24) is 5.32 Å². The molecule has 0 aromatic heterocycles. The van der Waals surface area contributed by atoms with Gasteiger partial charge < -0.3 is 16.4 Å². The van der Waals surface area contributed by atoms with E-state index < -0.39 is 17.7 Å². The fraction of sp³-hybridized carbons (Fsp3) is 0.0625. The molecule has 0 heterocycles. The SMILES string of the molecule is NC(=O)c1ccc(NC(=O)CNC(=O)c2ccc(Cl)cc2Cl)cc1. The number of halogens is 2. The molecule has 0 spiro atoms. The third-order valence-corrected chi connectivity index (χ3v) is 3.59. The molecule has 0 fully saturated rings. The lowest BCUT2D eigenvalue weighted by Crippen LogP contribution is -2.33. The van der Waals surface area contributed by atoms with Crippen molar-refractivity contribution in [3.05, 3.63) is 63.6 Å². The molecule has 2 rings (SSSR count). The first-order valence-corrected chi connectivity index (χ1v) is 7.55. The minimum Gasteiger partial charge on any atom is -0.366 e. The number of anilines is 1. The van der Waals surface area contributed by atoms with Crippen molar-refractivity contribution in [1.29, 1.82) is 0 Å². The number of carbonyl (C=O) groups is 3. The molecule has 6 nitrogen and oxygen atoms in total. The van der Waals surface area contributed by atoms with Gasteiger partial charge in [-0.2, -0.15) is 0 Å². The highest BCUT2D eigenvalue weighted by molar-refractivity contribution is 6.36. The van der Waals surface area contributed by atoms with Crippen molar-refractivity contribution in [2.45, 2.75) is 0 Å². The number of rotatable bonds is 5. The summed E-state index contributed by atoms with van der Waals surface area (Å²) in [6.45, 7) is -0.241. The number of carbonyl (C=O) groups excluding carboxylic acids is 3. The van der Waals surface area contributed by atoms with E-state index in [1.165, 1.54) is 42.5 Å². The van der Waals surface area contributed by atoms with Gasteiger partial charge in [0.2, 0.25) is 11.8 Å². The summed E-state index contributed by atoms with van der Waals surface area (Å²) < 4.78 is 0. The minimum atomic E-state index is -0.556. The molecule has 0 bridgehead atoms. The van der Waals surface area contributed by atoms with Crippen LogP contribution in [0.4, 0.5) is 5.69 Å². The van der Waals surface area contributed by atoms with Crippen LogP contribution in [-0.4, -0.2) is 24.3 Å². The fourth-order valence-corrected chi connectivity index (χ4v) is 2.35. The molecule has 0 aliphatic rings. The Morgan fingerprint density at radius 2 is 1.67 bits per heavy atom. The van der Waals surface area contributed by atoms with Crippen LogP contribution in [0.2, 0.25) is 10.0 Å². The Hall–Kier alpha value is -2.57. The van der Waals surface area contributed by atoms with E-state index in [9.17, 15) is 14.4 Å². The van der Waals surface area contributed by atoms with Crippen LogP contribution in [0.5, 0.6) is 0 Å². The summed E-state index contributed by atoms with van der Waals surface area (Å²) in [7, 11) is 0. The Labute approximate surface area is 147 Å². The van der Waals surface area contributed by atoms with E-state index in [2.05, 4.69) is 10.6 Å². The number of nitrogens with two attached hydrogens (primary N) is 1. The van der Waals surface area contributed by atoms with E-state index in [1.807, 2.05) is 0 Å². The van der Waals surface area contributed by atoms with Crippen molar-refractivity contribution >= 4 is 46.6 Å². The molecule has 0 aliphatic carbocycles. The van der Waals surface area contributed by atoms with Crippen molar-refractivity contribution in [2.24, 2.45) is 5.73 Å². The van der Waals surface area contributed by atoms with Gasteiger partial charge in [0.05, 0.1) is 17.1 Å². The predicted molar refractivity (Wildman–Crippen MR) is 92.4 cm³/mol. The van der Waals surface area contributed by atoms with E-state index >= 15 is 0 Å². The van der Waals surface area contributed by atoms with Crippen LogP contribution in [0.15, 0.2) is 42.5 Å². The molecule has 4 N–H and O–H groups in total. The van der Waals surface area contributed by atoms with Crippen LogP contribution < -0.4 is 16.4 Å². The van der Waals surface area contributed by atoms with E-state index in [0.29, 0.717) is 16.3 Å². The second kappa shape index (κ2) is 7.81. The Morgan fingerprint density at radius 1 is 1.00 bits per heavy atom. The summed E-state index contributed by atoms with van der Waals surface area (Å²) in [4.78, 5) is 34.8. The van der Waals surface area contributed by atoms with Gasteiger partial charge in [0, 0.05) is 16.3 Å². The zero-order chi connectivity index (χ0) is 17.7. The first kappa shape index (κ1) is 17.8. The molecule has 2 aromatic rings. The van der Waals surface area contributed by atoms with Crippen LogP contribution in [0.1, 0.15) is 20.7 Å². The molecule has 0 aliphatic heterocycles. The number of primary amides is 1. The largest absolute Gasteiger partial charge is 0.366 e. The van der Waals surface area contributed by atoms with Gasteiger partial charge in [0.15, 0.2) is 0 Å². The number of hydrogen-bond donors (Lipinski definition) is 3. The topological polar surface area (TPSA) is 101 Å². The highest BCUT2D eigenvalue weighted by Crippen LogP contribution is 2.20. The highest BCUT2D eigenvalue weighted by Gasteiger charge is 2.12. The molecule has 0 unspecified atom stereocenters.